The van der Waals surface area contributed by atoms with Crippen LogP contribution in [0.15, 0.2) is 95.6 Å². The molecule has 41 heavy (non-hydrogen) atoms. The molecule has 2 aliphatic rings. The third kappa shape index (κ3) is 4.65. The number of rotatable bonds is 5. The second kappa shape index (κ2) is 9.78. The fourth-order valence-corrected chi connectivity index (χ4v) is 5.26. The highest BCUT2D eigenvalue weighted by molar-refractivity contribution is 6.16. The molecule has 0 bridgehead atoms. The minimum absolute atomic E-state index is 0.0469. The van der Waals surface area contributed by atoms with Crippen LogP contribution in [0, 0.1) is 0 Å². The summed E-state index contributed by atoms with van der Waals surface area (Å²) in [5.74, 6) is -2.78. The summed E-state index contributed by atoms with van der Waals surface area (Å²) in [6.07, 6.45) is -1.08. The standard InChI is InChI=1S/C32H21F3N2O4/c33-32(34,35)22-11-12-25-26(30(39)37(28(25)16-22)23-14-18-5-1-2-6-19(18)15-23)17-36-27-10-4-9-24(29(27)38)20-7-3-8-21(13-20)31(40)41/h1-14,16-17,26,38H,15H2,(H,40,41). The van der Waals surface area contributed by atoms with Gasteiger partial charge in [-0.05, 0) is 58.7 Å². The van der Waals surface area contributed by atoms with E-state index in [0.717, 1.165) is 23.3 Å². The molecule has 6 nitrogen and oxygen atoms in total. The number of carbonyl (C=O) groups is 2. The molecule has 9 heteroatoms. The monoisotopic (exact) mass is 554 g/mol. The van der Waals surface area contributed by atoms with Gasteiger partial charge in [0.05, 0.1) is 16.8 Å². The third-order valence-corrected chi connectivity index (χ3v) is 7.25. The van der Waals surface area contributed by atoms with E-state index in [1.54, 1.807) is 30.3 Å². The normalized spacial score (nSPS) is 16.2. The van der Waals surface area contributed by atoms with Gasteiger partial charge in [-0.3, -0.25) is 14.7 Å². The summed E-state index contributed by atoms with van der Waals surface area (Å²) in [5.41, 5.74) is 3.04. The number of aromatic carboxylic acids is 1. The zero-order valence-corrected chi connectivity index (χ0v) is 21.3. The highest BCUT2D eigenvalue weighted by atomic mass is 19.4. The molecule has 1 heterocycles. The van der Waals surface area contributed by atoms with Crippen molar-refractivity contribution >= 4 is 35.5 Å². The van der Waals surface area contributed by atoms with Gasteiger partial charge in [-0.15, -0.1) is 0 Å². The molecule has 1 amide bonds. The number of benzene rings is 4. The molecule has 0 fully saturated rings. The number of nitrogens with zero attached hydrogens (tertiary/aromatic N) is 2. The van der Waals surface area contributed by atoms with Gasteiger partial charge in [0.15, 0.2) is 0 Å². The number of amides is 1. The number of carboxylic acid groups (broad SMARTS) is 1. The molecule has 0 radical (unpaired) electrons. The van der Waals surface area contributed by atoms with Crippen molar-refractivity contribution in [3.63, 3.8) is 0 Å². The number of aliphatic imine (C=N–C) groups is 1. The zero-order valence-electron chi connectivity index (χ0n) is 21.3. The lowest BCUT2D eigenvalue weighted by Gasteiger charge is -2.20. The molecule has 0 aromatic heterocycles. The van der Waals surface area contributed by atoms with Gasteiger partial charge in [0.25, 0.3) is 0 Å². The highest BCUT2D eigenvalue weighted by Crippen LogP contribution is 2.45. The Bertz CT molecular complexity index is 1790. The lowest BCUT2D eigenvalue weighted by Crippen LogP contribution is -2.28. The maximum atomic E-state index is 13.8. The average Bonchev–Trinajstić information content (AvgIpc) is 3.49. The Morgan fingerprint density at radius 1 is 0.976 bits per heavy atom. The first-order chi connectivity index (χ1) is 19.6. The third-order valence-electron chi connectivity index (χ3n) is 7.25. The zero-order chi connectivity index (χ0) is 28.9. The number of hydrogen-bond acceptors (Lipinski definition) is 4. The van der Waals surface area contributed by atoms with E-state index in [4.69, 9.17) is 0 Å². The number of fused-ring (bicyclic) bond motifs is 2. The van der Waals surface area contributed by atoms with Crippen LogP contribution in [0.1, 0.15) is 38.5 Å². The molecule has 1 aliphatic heterocycles. The molecular formula is C32H21F3N2O4. The van der Waals surface area contributed by atoms with Gasteiger partial charge in [0.2, 0.25) is 5.91 Å². The SMILES string of the molecule is O=C(O)c1cccc(-c2cccc(N=CC3C(=O)N(C4=Cc5ccccc5C4)c4cc(C(F)(F)F)ccc43)c2O)c1. The van der Waals surface area contributed by atoms with E-state index in [1.165, 1.54) is 35.4 Å². The number of phenols is 1. The minimum atomic E-state index is -4.59. The maximum Gasteiger partial charge on any atom is 0.416 e. The van der Waals surface area contributed by atoms with Crippen molar-refractivity contribution in [2.45, 2.75) is 18.5 Å². The van der Waals surface area contributed by atoms with Crippen molar-refractivity contribution in [3.05, 3.63) is 118 Å². The number of anilines is 1. The first-order valence-corrected chi connectivity index (χ1v) is 12.7. The van der Waals surface area contributed by atoms with E-state index in [-0.39, 0.29) is 22.7 Å². The molecular weight excluding hydrogens is 533 g/mol. The van der Waals surface area contributed by atoms with E-state index in [9.17, 15) is 33.0 Å². The summed E-state index contributed by atoms with van der Waals surface area (Å²) in [6.45, 7) is 0. The summed E-state index contributed by atoms with van der Waals surface area (Å²) >= 11 is 0. The molecule has 1 aliphatic carbocycles. The van der Waals surface area contributed by atoms with E-state index in [0.29, 0.717) is 28.8 Å². The first-order valence-electron chi connectivity index (χ1n) is 12.7. The van der Waals surface area contributed by atoms with E-state index < -0.39 is 29.5 Å². The highest BCUT2D eigenvalue weighted by Gasteiger charge is 2.41. The number of halogens is 3. The second-order valence-corrected chi connectivity index (χ2v) is 9.77. The van der Waals surface area contributed by atoms with Crippen molar-refractivity contribution in [2.24, 2.45) is 4.99 Å². The van der Waals surface area contributed by atoms with Gasteiger partial charge in [-0.25, -0.2) is 4.79 Å². The van der Waals surface area contributed by atoms with Gasteiger partial charge < -0.3 is 10.2 Å². The molecule has 4 aromatic carbocycles. The lowest BCUT2D eigenvalue weighted by atomic mass is 10.00. The number of allylic oxidation sites excluding steroid dienone is 1. The molecule has 6 rings (SSSR count). The molecule has 0 saturated carbocycles. The number of aromatic hydroxyl groups is 1. The Kier molecular flexibility index (Phi) is 6.22. The second-order valence-electron chi connectivity index (χ2n) is 9.77. The topological polar surface area (TPSA) is 90.2 Å². The molecule has 1 atom stereocenters. The molecule has 2 N–H and O–H groups in total. The Morgan fingerprint density at radius 3 is 2.51 bits per heavy atom. The first kappa shape index (κ1) is 26.1. The summed E-state index contributed by atoms with van der Waals surface area (Å²) in [6, 6.07) is 21.6. The van der Waals surface area contributed by atoms with Crippen LogP contribution < -0.4 is 4.90 Å². The van der Waals surface area contributed by atoms with E-state index in [2.05, 4.69) is 4.99 Å². The molecule has 1 unspecified atom stereocenters. The van der Waals surface area contributed by atoms with E-state index in [1.807, 2.05) is 24.3 Å². The van der Waals surface area contributed by atoms with Crippen LogP contribution in [0.4, 0.5) is 24.5 Å². The fraction of sp³-hybridized carbons (Fsp3) is 0.0938. The van der Waals surface area contributed by atoms with Crippen LogP contribution in [-0.4, -0.2) is 28.3 Å². The summed E-state index contributed by atoms with van der Waals surface area (Å²) in [4.78, 5) is 30.8. The number of carboxylic acids is 1. The number of para-hydroxylation sites is 1. The smallest absolute Gasteiger partial charge is 0.416 e. The quantitative estimate of drug-likeness (QED) is 0.255. The van der Waals surface area contributed by atoms with Crippen molar-refractivity contribution in [1.82, 2.24) is 0 Å². The predicted molar refractivity (Wildman–Crippen MR) is 148 cm³/mol. The van der Waals surface area contributed by atoms with Gasteiger partial charge in [-0.2, -0.15) is 13.2 Å². The van der Waals surface area contributed by atoms with Gasteiger partial charge in [-0.1, -0.05) is 54.6 Å². The van der Waals surface area contributed by atoms with Crippen molar-refractivity contribution in [2.75, 3.05) is 4.90 Å². The Labute approximate surface area is 232 Å². The van der Waals surface area contributed by atoms with E-state index >= 15 is 0 Å². The van der Waals surface area contributed by atoms with Crippen LogP contribution in [0.25, 0.3) is 17.2 Å². The fourth-order valence-electron chi connectivity index (χ4n) is 5.26. The number of alkyl halides is 3. The van der Waals surface area contributed by atoms with Crippen LogP contribution >= 0.6 is 0 Å². The number of hydrogen-bond donors (Lipinski definition) is 2. The summed E-state index contributed by atoms with van der Waals surface area (Å²) in [5, 5.41) is 20.3. The molecule has 4 aromatic rings. The van der Waals surface area contributed by atoms with Crippen molar-refractivity contribution in [1.29, 1.82) is 0 Å². The van der Waals surface area contributed by atoms with Gasteiger partial charge in [0, 0.05) is 23.9 Å². The number of phenolic OH excluding ortho intramolecular Hbond substituents is 1. The molecule has 0 saturated heterocycles. The number of carbonyl (C=O) groups excluding carboxylic acids is 1. The van der Waals surface area contributed by atoms with Crippen LogP contribution in [0.2, 0.25) is 0 Å². The minimum Gasteiger partial charge on any atom is -0.505 e. The van der Waals surface area contributed by atoms with Crippen LogP contribution in [0.5, 0.6) is 5.75 Å². The largest absolute Gasteiger partial charge is 0.505 e. The Hall–Kier alpha value is -5.18. The Balaban J connectivity index is 1.38. The summed E-state index contributed by atoms with van der Waals surface area (Å²) < 4.78 is 40.9. The predicted octanol–water partition coefficient (Wildman–Crippen LogP) is 7.21. The van der Waals surface area contributed by atoms with Gasteiger partial charge >= 0.3 is 12.1 Å². The van der Waals surface area contributed by atoms with Gasteiger partial charge in [0.1, 0.15) is 17.4 Å². The summed E-state index contributed by atoms with van der Waals surface area (Å²) in [7, 11) is 0. The van der Waals surface area contributed by atoms with Crippen molar-refractivity contribution < 1.29 is 33.0 Å². The lowest BCUT2D eigenvalue weighted by molar-refractivity contribution is -0.137. The Morgan fingerprint density at radius 2 is 1.76 bits per heavy atom. The maximum absolute atomic E-state index is 13.8. The molecule has 0 spiro atoms. The van der Waals surface area contributed by atoms with Crippen LogP contribution in [0.3, 0.4) is 0 Å². The average molecular weight is 555 g/mol. The van der Waals surface area contributed by atoms with Crippen LogP contribution in [-0.2, 0) is 17.4 Å². The van der Waals surface area contributed by atoms with Crippen molar-refractivity contribution in [3.8, 4) is 16.9 Å². The molecule has 204 valence electrons.